The Labute approximate surface area is 186 Å². The van der Waals surface area contributed by atoms with Crippen molar-refractivity contribution in [2.45, 2.75) is 46.5 Å². The monoisotopic (exact) mass is 427 g/mol. The number of ether oxygens (including phenoxy) is 1. The number of nitrogens with one attached hydrogen (secondary N) is 2. The van der Waals surface area contributed by atoms with E-state index in [1.807, 2.05) is 23.1 Å². The summed E-state index contributed by atoms with van der Waals surface area (Å²) in [5, 5.41) is 5.91. The van der Waals surface area contributed by atoms with Crippen LogP contribution in [0.4, 0.5) is 10.5 Å². The van der Waals surface area contributed by atoms with E-state index >= 15 is 0 Å². The summed E-state index contributed by atoms with van der Waals surface area (Å²) in [5.74, 6) is 2.51. The molecule has 1 aromatic rings. The molecule has 3 amide bonds. The van der Waals surface area contributed by atoms with Crippen molar-refractivity contribution in [3.8, 4) is 5.75 Å². The van der Waals surface area contributed by atoms with Gasteiger partial charge in [-0.25, -0.2) is 4.79 Å². The van der Waals surface area contributed by atoms with Gasteiger partial charge < -0.3 is 20.3 Å². The van der Waals surface area contributed by atoms with Crippen molar-refractivity contribution in [2.24, 2.45) is 23.7 Å². The predicted molar refractivity (Wildman–Crippen MR) is 124 cm³/mol. The zero-order valence-corrected chi connectivity index (χ0v) is 19.3. The van der Waals surface area contributed by atoms with Crippen molar-refractivity contribution in [2.75, 3.05) is 32.1 Å². The summed E-state index contributed by atoms with van der Waals surface area (Å²) in [4.78, 5) is 27.1. The first kappa shape index (κ1) is 23.2. The van der Waals surface area contributed by atoms with Gasteiger partial charge in [0.15, 0.2) is 0 Å². The molecule has 0 unspecified atom stereocenters. The van der Waals surface area contributed by atoms with Gasteiger partial charge >= 0.3 is 6.03 Å². The van der Waals surface area contributed by atoms with Crippen molar-refractivity contribution in [1.29, 1.82) is 0 Å². The molecule has 6 nitrogen and oxygen atoms in total. The Morgan fingerprint density at radius 1 is 1.23 bits per heavy atom. The van der Waals surface area contributed by atoms with Crippen molar-refractivity contribution in [1.82, 2.24) is 10.2 Å². The minimum Gasteiger partial charge on any atom is -0.497 e. The minimum atomic E-state index is -0.215. The molecule has 1 aliphatic carbocycles. The van der Waals surface area contributed by atoms with Gasteiger partial charge in [0, 0.05) is 37.8 Å². The number of allylic oxidation sites excluding steroid dienone is 1. The Morgan fingerprint density at radius 2 is 1.97 bits per heavy atom. The number of rotatable bonds is 7. The van der Waals surface area contributed by atoms with Crippen LogP contribution in [-0.2, 0) is 4.79 Å². The molecule has 1 heterocycles. The van der Waals surface area contributed by atoms with Crippen LogP contribution in [0.25, 0.3) is 0 Å². The number of hydrogen-bond acceptors (Lipinski definition) is 3. The molecule has 0 saturated carbocycles. The first-order chi connectivity index (χ1) is 14.9. The van der Waals surface area contributed by atoms with Gasteiger partial charge in [-0.15, -0.1) is 0 Å². The van der Waals surface area contributed by atoms with Gasteiger partial charge in [0.1, 0.15) is 5.75 Å². The molecule has 0 bridgehead atoms. The van der Waals surface area contributed by atoms with Crippen LogP contribution < -0.4 is 15.4 Å². The highest BCUT2D eigenvalue weighted by Crippen LogP contribution is 2.39. The number of nitrogens with zero attached hydrogens (tertiary/aromatic N) is 1. The summed E-state index contributed by atoms with van der Waals surface area (Å²) in [5.41, 5.74) is 1.98. The maximum absolute atomic E-state index is 12.7. The molecule has 1 fully saturated rings. The second-order valence-corrected chi connectivity index (χ2v) is 9.27. The van der Waals surface area contributed by atoms with E-state index in [9.17, 15) is 9.59 Å². The molecule has 170 valence electrons. The SMILES string of the molecule is COc1cccc(NC(=O)NC[C@@H]2C=C(C)[C@H](CC(=O)N3CCCC3)C[C@H]2C(C)C)c1. The van der Waals surface area contributed by atoms with E-state index in [0.29, 0.717) is 48.1 Å². The fraction of sp³-hybridized carbons (Fsp3) is 0.600. The van der Waals surface area contributed by atoms with Gasteiger partial charge in [0.05, 0.1) is 7.11 Å². The van der Waals surface area contributed by atoms with E-state index in [2.05, 4.69) is 37.5 Å². The summed E-state index contributed by atoms with van der Waals surface area (Å²) >= 11 is 0. The van der Waals surface area contributed by atoms with Crippen molar-refractivity contribution in [3.05, 3.63) is 35.9 Å². The number of anilines is 1. The third-order valence-corrected chi connectivity index (χ3v) is 6.79. The number of carbonyl (C=O) groups excluding carboxylic acids is 2. The van der Waals surface area contributed by atoms with Gasteiger partial charge in [0.2, 0.25) is 5.91 Å². The lowest BCUT2D eigenvalue weighted by Gasteiger charge is -2.37. The molecule has 6 heteroatoms. The van der Waals surface area contributed by atoms with Crippen LogP contribution in [0, 0.1) is 23.7 Å². The lowest BCUT2D eigenvalue weighted by molar-refractivity contribution is -0.131. The van der Waals surface area contributed by atoms with Gasteiger partial charge in [0.25, 0.3) is 0 Å². The summed E-state index contributed by atoms with van der Waals surface area (Å²) in [6, 6.07) is 7.11. The zero-order valence-electron chi connectivity index (χ0n) is 19.3. The largest absolute Gasteiger partial charge is 0.497 e. The third-order valence-electron chi connectivity index (χ3n) is 6.79. The molecule has 1 saturated heterocycles. The molecular weight excluding hydrogens is 390 g/mol. The lowest BCUT2D eigenvalue weighted by atomic mass is 9.69. The number of methoxy groups -OCH3 is 1. The molecule has 3 rings (SSSR count). The number of amides is 3. The quantitative estimate of drug-likeness (QED) is 0.621. The smallest absolute Gasteiger partial charge is 0.319 e. The maximum Gasteiger partial charge on any atom is 0.319 e. The van der Waals surface area contributed by atoms with Crippen LogP contribution in [0.15, 0.2) is 35.9 Å². The first-order valence-electron chi connectivity index (χ1n) is 11.5. The molecule has 31 heavy (non-hydrogen) atoms. The fourth-order valence-electron chi connectivity index (χ4n) is 4.90. The van der Waals surface area contributed by atoms with Crippen LogP contribution in [0.2, 0.25) is 0 Å². The normalized spacial score (nSPS) is 23.5. The highest BCUT2D eigenvalue weighted by molar-refractivity contribution is 5.89. The summed E-state index contributed by atoms with van der Waals surface area (Å²) < 4.78 is 5.21. The van der Waals surface area contributed by atoms with Crippen LogP contribution in [-0.4, -0.2) is 43.6 Å². The minimum absolute atomic E-state index is 0.215. The standard InChI is InChI=1S/C25H37N3O3/c1-17(2)23-13-19(14-24(29)28-10-5-6-11-28)18(3)12-20(23)16-26-25(30)27-21-8-7-9-22(15-21)31-4/h7-9,12,15,17,19-20,23H,5-6,10-11,13-14,16H2,1-4H3,(H2,26,27,30)/t19-,20-,23-/m0/s1. The van der Waals surface area contributed by atoms with Crippen LogP contribution in [0.5, 0.6) is 5.75 Å². The molecule has 1 aliphatic heterocycles. The number of urea groups is 1. The highest BCUT2D eigenvalue weighted by Gasteiger charge is 2.33. The number of benzene rings is 1. The van der Waals surface area contributed by atoms with Crippen LogP contribution >= 0.6 is 0 Å². The molecule has 2 aliphatic rings. The van der Waals surface area contributed by atoms with E-state index in [0.717, 1.165) is 32.4 Å². The Bertz CT molecular complexity index is 799. The number of hydrogen-bond donors (Lipinski definition) is 2. The zero-order chi connectivity index (χ0) is 22.4. The van der Waals surface area contributed by atoms with E-state index in [1.165, 1.54) is 5.57 Å². The Morgan fingerprint density at radius 3 is 2.65 bits per heavy atom. The molecule has 2 N–H and O–H groups in total. The van der Waals surface area contributed by atoms with Gasteiger partial charge in [-0.3, -0.25) is 4.79 Å². The average Bonchev–Trinajstić information content (AvgIpc) is 3.28. The predicted octanol–water partition coefficient (Wildman–Crippen LogP) is 4.68. The Balaban J connectivity index is 1.58. The van der Waals surface area contributed by atoms with E-state index in [1.54, 1.807) is 13.2 Å². The molecule has 0 spiro atoms. The maximum atomic E-state index is 12.7. The highest BCUT2D eigenvalue weighted by atomic mass is 16.5. The first-order valence-corrected chi connectivity index (χ1v) is 11.5. The molecule has 0 aromatic heterocycles. The van der Waals surface area contributed by atoms with Crippen LogP contribution in [0.1, 0.15) is 46.5 Å². The molecule has 1 aromatic carbocycles. The number of likely N-dealkylation sites (tertiary alicyclic amines) is 1. The Kier molecular flexibility index (Phi) is 7.99. The summed E-state index contributed by atoms with van der Waals surface area (Å²) in [6.07, 6.45) is 6.17. The average molecular weight is 428 g/mol. The topological polar surface area (TPSA) is 70.7 Å². The second-order valence-electron chi connectivity index (χ2n) is 9.27. The molecule has 3 atom stereocenters. The van der Waals surface area contributed by atoms with E-state index < -0.39 is 0 Å². The van der Waals surface area contributed by atoms with Crippen LogP contribution in [0.3, 0.4) is 0 Å². The molecular formula is C25H37N3O3. The van der Waals surface area contributed by atoms with Crippen molar-refractivity contribution >= 4 is 17.6 Å². The summed E-state index contributed by atoms with van der Waals surface area (Å²) in [6.45, 7) is 9.03. The van der Waals surface area contributed by atoms with Crippen molar-refractivity contribution < 1.29 is 14.3 Å². The van der Waals surface area contributed by atoms with E-state index in [4.69, 9.17) is 4.74 Å². The van der Waals surface area contributed by atoms with Gasteiger partial charge in [-0.2, -0.15) is 0 Å². The van der Waals surface area contributed by atoms with E-state index in [-0.39, 0.29) is 11.9 Å². The summed E-state index contributed by atoms with van der Waals surface area (Å²) in [7, 11) is 1.61. The van der Waals surface area contributed by atoms with Crippen molar-refractivity contribution in [3.63, 3.8) is 0 Å². The second kappa shape index (κ2) is 10.7. The Hall–Kier alpha value is -2.50. The lowest BCUT2D eigenvalue weighted by Crippen LogP contribution is -2.39. The molecule has 0 radical (unpaired) electrons. The third kappa shape index (κ3) is 6.25. The van der Waals surface area contributed by atoms with Gasteiger partial charge in [-0.05, 0) is 62.0 Å². The van der Waals surface area contributed by atoms with Gasteiger partial charge in [-0.1, -0.05) is 31.6 Å². The number of carbonyl (C=O) groups is 2. The fourth-order valence-corrected chi connectivity index (χ4v) is 4.90.